The SMILES string of the molecule is COc1cccc(-n2cc(-c3ccnc(N4CCN(C(C)=O)CC4)n3)cn2)c1. The maximum absolute atomic E-state index is 11.5. The van der Waals surface area contributed by atoms with E-state index in [4.69, 9.17) is 9.72 Å². The molecular weight excluding hydrogens is 356 g/mol. The zero-order valence-electron chi connectivity index (χ0n) is 15.9. The molecule has 0 N–H and O–H groups in total. The second kappa shape index (κ2) is 7.67. The summed E-state index contributed by atoms with van der Waals surface area (Å²) in [5.41, 5.74) is 2.64. The van der Waals surface area contributed by atoms with E-state index in [1.807, 2.05) is 41.4 Å². The van der Waals surface area contributed by atoms with Crippen LogP contribution in [0.4, 0.5) is 5.95 Å². The molecule has 1 aromatic carbocycles. The first-order chi connectivity index (χ1) is 13.6. The number of rotatable bonds is 4. The zero-order valence-corrected chi connectivity index (χ0v) is 15.9. The second-order valence-electron chi connectivity index (χ2n) is 6.61. The number of aromatic nitrogens is 4. The van der Waals surface area contributed by atoms with E-state index in [9.17, 15) is 4.79 Å². The van der Waals surface area contributed by atoms with Gasteiger partial charge in [0.05, 0.1) is 24.7 Å². The van der Waals surface area contributed by atoms with E-state index in [2.05, 4.69) is 15.0 Å². The molecule has 1 aliphatic heterocycles. The highest BCUT2D eigenvalue weighted by molar-refractivity contribution is 5.73. The van der Waals surface area contributed by atoms with Crippen molar-refractivity contribution in [3.63, 3.8) is 0 Å². The molecule has 0 unspecified atom stereocenters. The number of carbonyl (C=O) groups excluding carboxylic acids is 1. The molecule has 1 fully saturated rings. The van der Waals surface area contributed by atoms with Crippen molar-refractivity contribution < 1.29 is 9.53 Å². The molecule has 0 radical (unpaired) electrons. The Morgan fingerprint density at radius 1 is 1.14 bits per heavy atom. The molecule has 0 atom stereocenters. The third-order valence-corrected chi connectivity index (χ3v) is 4.85. The van der Waals surface area contributed by atoms with Crippen LogP contribution < -0.4 is 9.64 Å². The van der Waals surface area contributed by atoms with Crippen LogP contribution in [-0.4, -0.2) is 63.8 Å². The molecule has 144 valence electrons. The lowest BCUT2D eigenvalue weighted by Crippen LogP contribution is -2.48. The van der Waals surface area contributed by atoms with Crippen molar-refractivity contribution >= 4 is 11.9 Å². The smallest absolute Gasteiger partial charge is 0.225 e. The van der Waals surface area contributed by atoms with Crippen LogP contribution in [-0.2, 0) is 4.79 Å². The molecule has 8 heteroatoms. The van der Waals surface area contributed by atoms with E-state index in [1.54, 1.807) is 31.1 Å². The summed E-state index contributed by atoms with van der Waals surface area (Å²) in [5, 5.41) is 4.45. The van der Waals surface area contributed by atoms with Crippen LogP contribution in [0.1, 0.15) is 6.92 Å². The van der Waals surface area contributed by atoms with Crippen molar-refractivity contribution in [2.45, 2.75) is 6.92 Å². The van der Waals surface area contributed by atoms with Crippen LogP contribution in [0, 0.1) is 0 Å². The average molecular weight is 378 g/mol. The predicted molar refractivity (Wildman–Crippen MR) is 106 cm³/mol. The average Bonchev–Trinajstić information content (AvgIpc) is 3.24. The summed E-state index contributed by atoms with van der Waals surface area (Å²) in [6.45, 7) is 4.44. The number of nitrogens with zero attached hydrogens (tertiary/aromatic N) is 6. The van der Waals surface area contributed by atoms with Gasteiger partial charge in [-0.1, -0.05) is 6.07 Å². The fourth-order valence-corrected chi connectivity index (χ4v) is 3.23. The standard InChI is InChI=1S/C20H22N6O2/c1-15(27)24-8-10-25(11-9-24)20-21-7-6-19(23-20)16-13-22-26(14-16)17-4-3-5-18(12-17)28-2/h3-7,12-14H,8-11H2,1-2H3. The number of ether oxygens (including phenoxy) is 1. The van der Waals surface area contributed by atoms with E-state index in [-0.39, 0.29) is 5.91 Å². The van der Waals surface area contributed by atoms with Crippen LogP contribution in [0.25, 0.3) is 16.9 Å². The molecule has 0 saturated carbocycles. The fraction of sp³-hybridized carbons (Fsp3) is 0.300. The molecule has 0 aliphatic carbocycles. The van der Waals surface area contributed by atoms with Gasteiger partial charge in [-0.2, -0.15) is 5.10 Å². The number of hydrogen-bond acceptors (Lipinski definition) is 6. The minimum absolute atomic E-state index is 0.110. The molecule has 3 aromatic rings. The summed E-state index contributed by atoms with van der Waals surface area (Å²) in [6.07, 6.45) is 5.49. The van der Waals surface area contributed by atoms with Gasteiger partial charge in [-0.05, 0) is 18.2 Å². The first kappa shape index (κ1) is 18.0. The van der Waals surface area contributed by atoms with Gasteiger partial charge in [-0.15, -0.1) is 0 Å². The van der Waals surface area contributed by atoms with Crippen LogP contribution in [0.5, 0.6) is 5.75 Å². The third kappa shape index (κ3) is 3.66. The van der Waals surface area contributed by atoms with E-state index in [0.717, 1.165) is 35.8 Å². The minimum atomic E-state index is 0.110. The summed E-state index contributed by atoms with van der Waals surface area (Å²) >= 11 is 0. The summed E-state index contributed by atoms with van der Waals surface area (Å²) in [6, 6.07) is 9.60. The molecule has 3 heterocycles. The Morgan fingerprint density at radius 2 is 1.96 bits per heavy atom. The zero-order chi connectivity index (χ0) is 19.5. The van der Waals surface area contributed by atoms with Crippen LogP contribution in [0.3, 0.4) is 0 Å². The first-order valence-corrected chi connectivity index (χ1v) is 9.17. The van der Waals surface area contributed by atoms with Crippen LogP contribution in [0.2, 0.25) is 0 Å². The van der Waals surface area contributed by atoms with Gasteiger partial charge < -0.3 is 14.5 Å². The van der Waals surface area contributed by atoms with Crippen molar-refractivity contribution in [2.75, 3.05) is 38.2 Å². The molecule has 2 aromatic heterocycles. The van der Waals surface area contributed by atoms with E-state index in [0.29, 0.717) is 19.0 Å². The van der Waals surface area contributed by atoms with E-state index < -0.39 is 0 Å². The van der Waals surface area contributed by atoms with Crippen molar-refractivity contribution in [2.24, 2.45) is 0 Å². The number of anilines is 1. The highest BCUT2D eigenvalue weighted by Gasteiger charge is 2.20. The Labute approximate surface area is 163 Å². The summed E-state index contributed by atoms with van der Waals surface area (Å²) < 4.78 is 7.08. The maximum Gasteiger partial charge on any atom is 0.225 e. The molecular formula is C20H22N6O2. The molecule has 1 amide bonds. The lowest BCUT2D eigenvalue weighted by Gasteiger charge is -2.34. The quantitative estimate of drug-likeness (QED) is 0.691. The Morgan fingerprint density at radius 3 is 2.71 bits per heavy atom. The van der Waals surface area contributed by atoms with Crippen molar-refractivity contribution in [3.05, 3.63) is 48.9 Å². The number of amides is 1. The lowest BCUT2D eigenvalue weighted by molar-refractivity contribution is -0.129. The van der Waals surface area contributed by atoms with Crippen LogP contribution in [0.15, 0.2) is 48.9 Å². The number of hydrogen-bond donors (Lipinski definition) is 0. The number of methoxy groups -OCH3 is 1. The van der Waals surface area contributed by atoms with Gasteiger partial charge in [-0.3, -0.25) is 4.79 Å². The van der Waals surface area contributed by atoms with Crippen molar-refractivity contribution in [3.8, 4) is 22.7 Å². The highest BCUT2D eigenvalue weighted by atomic mass is 16.5. The largest absolute Gasteiger partial charge is 0.497 e. The molecule has 0 spiro atoms. The monoisotopic (exact) mass is 378 g/mol. The fourth-order valence-electron chi connectivity index (χ4n) is 3.23. The normalized spacial score (nSPS) is 14.2. The minimum Gasteiger partial charge on any atom is -0.497 e. The molecule has 4 rings (SSSR count). The molecule has 28 heavy (non-hydrogen) atoms. The van der Waals surface area contributed by atoms with Crippen molar-refractivity contribution in [1.29, 1.82) is 0 Å². The summed E-state index contributed by atoms with van der Waals surface area (Å²) in [5.74, 6) is 1.57. The van der Waals surface area contributed by atoms with Crippen LogP contribution >= 0.6 is 0 Å². The van der Waals surface area contributed by atoms with Gasteiger partial charge in [0.2, 0.25) is 11.9 Å². The predicted octanol–water partition coefficient (Wildman–Crippen LogP) is 2.01. The van der Waals surface area contributed by atoms with Gasteiger partial charge in [0.25, 0.3) is 0 Å². The number of benzene rings is 1. The van der Waals surface area contributed by atoms with Gasteiger partial charge in [0.1, 0.15) is 5.75 Å². The highest BCUT2D eigenvalue weighted by Crippen LogP contribution is 2.22. The maximum atomic E-state index is 11.5. The topological polar surface area (TPSA) is 76.4 Å². The van der Waals surface area contributed by atoms with Gasteiger partial charge in [0, 0.05) is 57.1 Å². The van der Waals surface area contributed by atoms with Crippen molar-refractivity contribution in [1.82, 2.24) is 24.6 Å². The summed E-state index contributed by atoms with van der Waals surface area (Å²) in [4.78, 5) is 24.6. The number of carbonyl (C=O) groups is 1. The Balaban J connectivity index is 1.54. The van der Waals surface area contributed by atoms with Gasteiger partial charge in [-0.25, -0.2) is 14.6 Å². The Hall–Kier alpha value is -3.42. The lowest BCUT2D eigenvalue weighted by atomic mass is 10.2. The number of piperazine rings is 1. The molecule has 1 aliphatic rings. The molecule has 0 bridgehead atoms. The third-order valence-electron chi connectivity index (χ3n) is 4.85. The van der Waals surface area contributed by atoms with Gasteiger partial charge >= 0.3 is 0 Å². The Kier molecular flexibility index (Phi) is 4.92. The summed E-state index contributed by atoms with van der Waals surface area (Å²) in [7, 11) is 1.65. The second-order valence-corrected chi connectivity index (χ2v) is 6.61. The Bertz CT molecular complexity index is 978. The first-order valence-electron chi connectivity index (χ1n) is 9.17. The van der Waals surface area contributed by atoms with E-state index >= 15 is 0 Å². The molecule has 8 nitrogen and oxygen atoms in total. The van der Waals surface area contributed by atoms with E-state index in [1.165, 1.54) is 0 Å². The van der Waals surface area contributed by atoms with Gasteiger partial charge in [0.15, 0.2) is 0 Å². The molecule has 1 saturated heterocycles.